The zero-order valence-corrected chi connectivity index (χ0v) is 11.9. The van der Waals surface area contributed by atoms with E-state index in [9.17, 15) is 0 Å². The summed E-state index contributed by atoms with van der Waals surface area (Å²) in [7, 11) is 0. The minimum atomic E-state index is 0.270. The first-order valence-corrected chi connectivity index (χ1v) is 7.39. The molecule has 1 aromatic carbocycles. The summed E-state index contributed by atoms with van der Waals surface area (Å²) in [5.74, 6) is 0.790. The molecule has 0 aliphatic carbocycles. The van der Waals surface area contributed by atoms with Crippen LogP contribution in [-0.2, 0) is 5.41 Å². The van der Waals surface area contributed by atoms with Crippen molar-refractivity contribution in [2.24, 2.45) is 0 Å². The van der Waals surface area contributed by atoms with Crippen molar-refractivity contribution >= 4 is 0 Å². The smallest absolute Gasteiger partial charge is 0.00760 e. The lowest BCUT2D eigenvalue weighted by atomic mass is 9.82. The Bertz CT molecular complexity index is 400. The van der Waals surface area contributed by atoms with Crippen LogP contribution in [0.2, 0.25) is 0 Å². The van der Waals surface area contributed by atoms with Crippen LogP contribution >= 0.6 is 0 Å². The predicted molar refractivity (Wildman–Crippen MR) is 77.1 cm³/mol. The van der Waals surface area contributed by atoms with Crippen LogP contribution in [0.3, 0.4) is 0 Å². The first-order chi connectivity index (χ1) is 8.52. The Labute approximate surface area is 111 Å². The van der Waals surface area contributed by atoms with E-state index in [4.69, 9.17) is 0 Å². The molecule has 2 unspecified atom stereocenters. The summed E-state index contributed by atoms with van der Waals surface area (Å²) < 4.78 is 0. The van der Waals surface area contributed by atoms with E-state index in [-0.39, 0.29) is 5.41 Å². The van der Waals surface area contributed by atoms with Crippen LogP contribution in [0.4, 0.5) is 0 Å². The Balaban J connectivity index is 1.77. The summed E-state index contributed by atoms with van der Waals surface area (Å²) in [5.41, 5.74) is 3.27. The van der Waals surface area contributed by atoms with Gasteiger partial charge in [-0.3, -0.25) is 0 Å². The highest BCUT2D eigenvalue weighted by Crippen LogP contribution is 2.37. The highest BCUT2D eigenvalue weighted by molar-refractivity contribution is 5.30. The molecule has 2 saturated heterocycles. The van der Waals surface area contributed by atoms with Gasteiger partial charge in [0.25, 0.3) is 0 Å². The molecular weight excluding hydrogens is 218 g/mol. The third kappa shape index (κ3) is 2.33. The minimum absolute atomic E-state index is 0.270. The maximum absolute atomic E-state index is 3.73. The number of nitrogens with one attached hydrogen (secondary N) is 1. The van der Waals surface area contributed by atoms with Crippen molar-refractivity contribution in [1.29, 1.82) is 0 Å². The molecule has 1 nitrogen and oxygen atoms in total. The van der Waals surface area contributed by atoms with Gasteiger partial charge in [0.1, 0.15) is 0 Å². The lowest BCUT2D eigenvalue weighted by Crippen LogP contribution is -2.37. The van der Waals surface area contributed by atoms with Crippen LogP contribution < -0.4 is 5.32 Å². The van der Waals surface area contributed by atoms with Gasteiger partial charge in [0.15, 0.2) is 0 Å². The van der Waals surface area contributed by atoms with Crippen LogP contribution in [0.25, 0.3) is 0 Å². The molecule has 2 aliphatic heterocycles. The van der Waals surface area contributed by atoms with Crippen molar-refractivity contribution in [3.8, 4) is 0 Å². The van der Waals surface area contributed by atoms with Gasteiger partial charge in [0.2, 0.25) is 0 Å². The zero-order chi connectivity index (χ0) is 12.8. The summed E-state index contributed by atoms with van der Waals surface area (Å²) in [6.45, 7) is 6.85. The van der Waals surface area contributed by atoms with Crippen molar-refractivity contribution in [1.82, 2.24) is 5.32 Å². The summed E-state index contributed by atoms with van der Waals surface area (Å²) in [5, 5.41) is 3.73. The molecule has 0 aromatic heterocycles. The molecule has 0 spiro atoms. The Morgan fingerprint density at radius 3 is 2.00 bits per heavy atom. The van der Waals surface area contributed by atoms with Crippen LogP contribution in [-0.4, -0.2) is 12.1 Å². The molecule has 0 amide bonds. The van der Waals surface area contributed by atoms with Gasteiger partial charge >= 0.3 is 0 Å². The van der Waals surface area contributed by atoms with Gasteiger partial charge in [-0.2, -0.15) is 0 Å². The molecule has 2 bridgehead atoms. The lowest BCUT2D eigenvalue weighted by Gasteiger charge is -2.30. The average molecular weight is 243 g/mol. The predicted octanol–water partition coefficient (Wildman–Crippen LogP) is 3.98. The van der Waals surface area contributed by atoms with Gasteiger partial charge < -0.3 is 5.32 Å². The highest BCUT2D eigenvalue weighted by Gasteiger charge is 2.33. The van der Waals surface area contributed by atoms with Gasteiger partial charge in [0.05, 0.1) is 0 Å². The number of benzene rings is 1. The van der Waals surface area contributed by atoms with Crippen molar-refractivity contribution < 1.29 is 0 Å². The fourth-order valence-corrected chi connectivity index (χ4v) is 3.58. The number of fused-ring (bicyclic) bond motifs is 2. The summed E-state index contributed by atoms with van der Waals surface area (Å²) in [6.07, 6.45) is 5.46. The Hall–Kier alpha value is -0.820. The molecule has 2 atom stereocenters. The molecule has 0 saturated carbocycles. The van der Waals surface area contributed by atoms with Crippen LogP contribution in [0.15, 0.2) is 24.3 Å². The molecule has 2 heterocycles. The topological polar surface area (TPSA) is 12.0 Å². The third-order valence-electron chi connectivity index (χ3n) is 4.72. The lowest BCUT2D eigenvalue weighted by molar-refractivity contribution is 0.363. The van der Waals surface area contributed by atoms with Gasteiger partial charge in [-0.15, -0.1) is 0 Å². The number of rotatable bonds is 1. The van der Waals surface area contributed by atoms with Crippen molar-refractivity contribution in [3.05, 3.63) is 35.4 Å². The van der Waals surface area contributed by atoms with E-state index >= 15 is 0 Å². The van der Waals surface area contributed by atoms with Crippen LogP contribution in [0.5, 0.6) is 0 Å². The third-order valence-corrected chi connectivity index (χ3v) is 4.72. The van der Waals surface area contributed by atoms with E-state index in [2.05, 4.69) is 50.4 Å². The maximum atomic E-state index is 3.73. The van der Waals surface area contributed by atoms with E-state index < -0.39 is 0 Å². The molecule has 1 heteroatoms. The second-order valence-electron chi connectivity index (χ2n) is 7.18. The van der Waals surface area contributed by atoms with E-state index in [1.165, 1.54) is 31.2 Å². The first-order valence-electron chi connectivity index (χ1n) is 7.39. The molecular formula is C17H25N. The molecule has 1 aromatic rings. The standard InChI is InChI=1S/C17H25N/c1-17(2,3)14-6-4-12(5-7-14)13-10-15-8-9-16(11-13)18-15/h4-7,13,15-16,18H,8-11H2,1-3H3. The van der Waals surface area contributed by atoms with Gasteiger partial charge in [-0.1, -0.05) is 45.0 Å². The zero-order valence-electron chi connectivity index (χ0n) is 11.9. The molecule has 98 valence electrons. The Morgan fingerprint density at radius 2 is 1.50 bits per heavy atom. The van der Waals surface area contributed by atoms with Gasteiger partial charge in [-0.25, -0.2) is 0 Å². The van der Waals surface area contributed by atoms with Gasteiger partial charge in [-0.05, 0) is 48.1 Å². The largest absolute Gasteiger partial charge is 0.311 e. The van der Waals surface area contributed by atoms with Crippen LogP contribution in [0.1, 0.15) is 63.5 Å². The number of hydrogen-bond acceptors (Lipinski definition) is 1. The summed E-state index contributed by atoms with van der Waals surface area (Å²) in [6, 6.07) is 11.0. The van der Waals surface area contributed by atoms with Crippen LogP contribution in [0, 0.1) is 0 Å². The molecule has 1 N–H and O–H groups in total. The van der Waals surface area contributed by atoms with Gasteiger partial charge in [0, 0.05) is 12.1 Å². The van der Waals surface area contributed by atoms with Crippen molar-refractivity contribution in [2.75, 3.05) is 0 Å². The molecule has 2 fully saturated rings. The number of piperidine rings is 1. The fraction of sp³-hybridized carbons (Fsp3) is 0.647. The fourth-order valence-electron chi connectivity index (χ4n) is 3.58. The second kappa shape index (κ2) is 4.38. The SMILES string of the molecule is CC(C)(C)c1ccc(C2CC3CCC(C2)N3)cc1. The summed E-state index contributed by atoms with van der Waals surface area (Å²) >= 11 is 0. The molecule has 3 rings (SSSR count). The normalized spacial score (nSPS) is 31.6. The molecule has 18 heavy (non-hydrogen) atoms. The monoisotopic (exact) mass is 243 g/mol. The number of hydrogen-bond donors (Lipinski definition) is 1. The van der Waals surface area contributed by atoms with Crippen molar-refractivity contribution in [2.45, 2.75) is 69.9 Å². The minimum Gasteiger partial charge on any atom is -0.311 e. The second-order valence-corrected chi connectivity index (χ2v) is 7.18. The van der Waals surface area contributed by atoms with E-state index in [0.717, 1.165) is 18.0 Å². The Morgan fingerprint density at radius 1 is 0.944 bits per heavy atom. The van der Waals surface area contributed by atoms with E-state index in [1.807, 2.05) is 0 Å². The first kappa shape index (κ1) is 12.2. The van der Waals surface area contributed by atoms with E-state index in [0.29, 0.717) is 0 Å². The van der Waals surface area contributed by atoms with E-state index in [1.54, 1.807) is 5.56 Å². The quantitative estimate of drug-likeness (QED) is 0.786. The summed E-state index contributed by atoms with van der Waals surface area (Å²) in [4.78, 5) is 0. The molecule has 0 radical (unpaired) electrons. The van der Waals surface area contributed by atoms with Crippen molar-refractivity contribution in [3.63, 3.8) is 0 Å². The molecule has 2 aliphatic rings. The average Bonchev–Trinajstić information content (AvgIpc) is 2.67. The highest BCUT2D eigenvalue weighted by atomic mass is 15.0. The maximum Gasteiger partial charge on any atom is 0.00760 e. The Kier molecular flexibility index (Phi) is 2.97.